The molecule has 0 aromatic heterocycles. The molecule has 1 N–H and O–H groups in total. The zero-order valence-electron chi connectivity index (χ0n) is 19.3. The maximum Gasteiger partial charge on any atom is 0.259 e. The standard InChI is InChI=1S/C29H25ClN2O3/c1-2-16-35-23-13-14-25-21(17-23)10-9-19-11-12-22(30)18-26(19)32(25)15-4-3-6-20-7-5-8-24-27(20)29(34)31-28(24)33/h1,5,7-8,11-14,17-18H,3-4,6,9-10,15-16H2,(H,31,33,34). The molecule has 5 nitrogen and oxygen atoms in total. The van der Waals surface area contributed by atoms with Gasteiger partial charge in [-0.3, -0.25) is 14.9 Å². The maximum atomic E-state index is 12.2. The first-order chi connectivity index (χ1) is 17.0. The molecule has 5 rings (SSSR count). The van der Waals surface area contributed by atoms with E-state index in [1.54, 1.807) is 6.07 Å². The van der Waals surface area contributed by atoms with Gasteiger partial charge in [0.1, 0.15) is 12.4 Å². The Labute approximate surface area is 210 Å². The van der Waals surface area contributed by atoms with Gasteiger partial charge in [0.25, 0.3) is 11.8 Å². The second kappa shape index (κ2) is 9.85. The predicted octanol–water partition coefficient (Wildman–Crippen LogP) is 5.50. The number of imide groups is 1. The SMILES string of the molecule is C#CCOc1ccc2c(c1)CCc1ccc(Cl)cc1N2CCCCc1cccc2c1C(=O)NC2=O. The van der Waals surface area contributed by atoms with Crippen LogP contribution in [-0.4, -0.2) is 25.0 Å². The summed E-state index contributed by atoms with van der Waals surface area (Å²) in [5.74, 6) is 2.68. The number of anilines is 2. The molecule has 0 fully saturated rings. The van der Waals surface area contributed by atoms with Gasteiger partial charge < -0.3 is 9.64 Å². The molecule has 0 spiro atoms. The summed E-state index contributed by atoms with van der Waals surface area (Å²) in [6.07, 6.45) is 9.67. The highest BCUT2D eigenvalue weighted by molar-refractivity contribution is 6.31. The van der Waals surface area contributed by atoms with Crippen LogP contribution in [0.4, 0.5) is 11.4 Å². The van der Waals surface area contributed by atoms with Gasteiger partial charge in [-0.1, -0.05) is 35.7 Å². The lowest BCUT2D eigenvalue weighted by Gasteiger charge is -2.27. The van der Waals surface area contributed by atoms with Gasteiger partial charge in [-0.15, -0.1) is 6.42 Å². The quantitative estimate of drug-likeness (QED) is 0.273. The van der Waals surface area contributed by atoms with Crippen LogP contribution in [0.3, 0.4) is 0 Å². The van der Waals surface area contributed by atoms with E-state index >= 15 is 0 Å². The van der Waals surface area contributed by atoms with Crippen molar-refractivity contribution in [1.29, 1.82) is 0 Å². The number of nitrogens with one attached hydrogen (secondary N) is 1. The summed E-state index contributed by atoms with van der Waals surface area (Å²) < 4.78 is 5.66. The number of carbonyl (C=O) groups excluding carboxylic acids is 2. The number of terminal acetylenes is 1. The van der Waals surface area contributed by atoms with E-state index in [2.05, 4.69) is 34.3 Å². The third-order valence-corrected chi connectivity index (χ3v) is 6.83. The van der Waals surface area contributed by atoms with Gasteiger partial charge in [-0.05, 0) is 85.2 Å². The van der Waals surface area contributed by atoms with Gasteiger partial charge in [0.15, 0.2) is 0 Å². The normalized spacial score (nSPS) is 13.9. The van der Waals surface area contributed by atoms with Crippen LogP contribution >= 0.6 is 11.6 Å². The minimum Gasteiger partial charge on any atom is -0.481 e. The van der Waals surface area contributed by atoms with E-state index < -0.39 is 0 Å². The molecule has 6 heteroatoms. The molecule has 0 radical (unpaired) electrons. The van der Waals surface area contributed by atoms with Crippen molar-refractivity contribution in [3.05, 3.63) is 87.4 Å². The summed E-state index contributed by atoms with van der Waals surface area (Å²) in [5, 5.41) is 3.11. The Morgan fingerprint density at radius 1 is 0.971 bits per heavy atom. The molecular weight excluding hydrogens is 460 g/mol. The molecule has 0 atom stereocenters. The van der Waals surface area contributed by atoms with Crippen molar-refractivity contribution < 1.29 is 14.3 Å². The summed E-state index contributed by atoms with van der Waals surface area (Å²) in [6.45, 7) is 1.04. The highest BCUT2D eigenvalue weighted by Crippen LogP contribution is 2.39. The lowest BCUT2D eigenvalue weighted by molar-refractivity contribution is 0.0879. The van der Waals surface area contributed by atoms with E-state index in [0.717, 1.165) is 61.3 Å². The van der Waals surface area contributed by atoms with Gasteiger partial charge in [0, 0.05) is 22.9 Å². The van der Waals surface area contributed by atoms with Crippen molar-refractivity contribution in [2.45, 2.75) is 32.1 Å². The van der Waals surface area contributed by atoms with E-state index in [9.17, 15) is 9.59 Å². The van der Waals surface area contributed by atoms with E-state index in [0.29, 0.717) is 16.1 Å². The molecule has 0 unspecified atom stereocenters. The lowest BCUT2D eigenvalue weighted by atomic mass is 9.98. The van der Waals surface area contributed by atoms with Crippen molar-refractivity contribution in [3.63, 3.8) is 0 Å². The van der Waals surface area contributed by atoms with Gasteiger partial charge in [0.2, 0.25) is 0 Å². The highest BCUT2D eigenvalue weighted by atomic mass is 35.5. The highest BCUT2D eigenvalue weighted by Gasteiger charge is 2.29. The topological polar surface area (TPSA) is 58.6 Å². The number of benzene rings is 3. The van der Waals surface area contributed by atoms with Crippen LogP contribution in [0.1, 0.15) is 50.2 Å². The molecule has 0 saturated heterocycles. The van der Waals surface area contributed by atoms with Gasteiger partial charge in [-0.2, -0.15) is 0 Å². The second-order valence-electron chi connectivity index (χ2n) is 8.79. The minimum atomic E-state index is -0.313. The molecule has 0 saturated carbocycles. The molecule has 3 aromatic carbocycles. The zero-order chi connectivity index (χ0) is 24.4. The van der Waals surface area contributed by atoms with Crippen molar-refractivity contribution in [1.82, 2.24) is 5.32 Å². The average molecular weight is 485 g/mol. The Hall–Kier alpha value is -3.75. The molecular formula is C29H25ClN2O3. The van der Waals surface area contributed by atoms with Crippen LogP contribution in [-0.2, 0) is 19.3 Å². The number of carbonyl (C=O) groups is 2. The van der Waals surface area contributed by atoms with Crippen molar-refractivity contribution in [3.8, 4) is 18.1 Å². The molecule has 2 aliphatic rings. The number of halogens is 1. The van der Waals surface area contributed by atoms with E-state index in [1.165, 1.54) is 11.1 Å². The molecule has 2 heterocycles. The number of amides is 2. The summed E-state index contributed by atoms with van der Waals surface area (Å²) in [7, 11) is 0. The number of hydrogen-bond donors (Lipinski definition) is 1. The fourth-order valence-corrected chi connectivity index (χ4v) is 5.13. The second-order valence-corrected chi connectivity index (χ2v) is 9.22. The number of nitrogens with zero attached hydrogens (tertiary/aromatic N) is 1. The van der Waals surface area contributed by atoms with Crippen molar-refractivity contribution in [2.75, 3.05) is 18.1 Å². The number of rotatable bonds is 7. The molecule has 2 aliphatic heterocycles. The number of hydrogen-bond acceptors (Lipinski definition) is 4. The van der Waals surface area contributed by atoms with Crippen molar-refractivity contribution >= 4 is 34.8 Å². The van der Waals surface area contributed by atoms with E-state index in [4.69, 9.17) is 22.8 Å². The van der Waals surface area contributed by atoms with Crippen LogP contribution in [0, 0.1) is 12.3 Å². The third-order valence-electron chi connectivity index (χ3n) is 6.59. The fraction of sp³-hybridized carbons (Fsp3) is 0.241. The molecule has 35 heavy (non-hydrogen) atoms. The lowest BCUT2D eigenvalue weighted by Crippen LogP contribution is -2.20. The maximum absolute atomic E-state index is 12.2. The largest absolute Gasteiger partial charge is 0.481 e. The Balaban J connectivity index is 1.37. The summed E-state index contributed by atoms with van der Waals surface area (Å²) in [6, 6.07) is 17.7. The molecule has 0 bridgehead atoms. The minimum absolute atomic E-state index is 0.241. The molecule has 0 aliphatic carbocycles. The monoisotopic (exact) mass is 484 g/mol. The summed E-state index contributed by atoms with van der Waals surface area (Å²) in [5.41, 5.74) is 6.65. The molecule has 176 valence electrons. The third kappa shape index (κ3) is 4.62. The molecule has 2 amide bonds. The molecule has 3 aromatic rings. The Morgan fingerprint density at radius 2 is 1.83 bits per heavy atom. The van der Waals surface area contributed by atoms with Crippen LogP contribution in [0.15, 0.2) is 54.6 Å². The van der Waals surface area contributed by atoms with Crippen molar-refractivity contribution in [2.24, 2.45) is 0 Å². The van der Waals surface area contributed by atoms with Crippen LogP contribution in [0.25, 0.3) is 0 Å². The van der Waals surface area contributed by atoms with E-state index in [1.807, 2.05) is 30.3 Å². The Morgan fingerprint density at radius 3 is 2.69 bits per heavy atom. The first-order valence-corrected chi connectivity index (χ1v) is 12.2. The first kappa shape index (κ1) is 23.0. The number of aryl methyl sites for hydroxylation is 3. The fourth-order valence-electron chi connectivity index (χ4n) is 4.96. The number of fused-ring (bicyclic) bond motifs is 3. The Kier molecular flexibility index (Phi) is 6.48. The summed E-state index contributed by atoms with van der Waals surface area (Å²) in [4.78, 5) is 26.5. The van der Waals surface area contributed by atoms with Gasteiger partial charge >= 0.3 is 0 Å². The first-order valence-electron chi connectivity index (χ1n) is 11.8. The number of ether oxygens (including phenoxy) is 1. The van der Waals surface area contributed by atoms with Crippen LogP contribution in [0.2, 0.25) is 5.02 Å². The predicted molar refractivity (Wildman–Crippen MR) is 138 cm³/mol. The summed E-state index contributed by atoms with van der Waals surface area (Å²) >= 11 is 6.39. The number of unbranched alkanes of at least 4 members (excludes halogenated alkanes) is 1. The van der Waals surface area contributed by atoms with Gasteiger partial charge in [0.05, 0.1) is 11.1 Å². The average Bonchev–Trinajstić information content (AvgIpc) is 3.07. The Bertz CT molecular complexity index is 1360. The van der Waals surface area contributed by atoms with E-state index in [-0.39, 0.29) is 18.4 Å². The van der Waals surface area contributed by atoms with Gasteiger partial charge in [-0.25, -0.2) is 0 Å². The van der Waals surface area contributed by atoms with Crippen LogP contribution in [0.5, 0.6) is 5.75 Å². The zero-order valence-corrected chi connectivity index (χ0v) is 20.0. The van der Waals surface area contributed by atoms with Crippen LogP contribution < -0.4 is 15.0 Å². The smallest absolute Gasteiger partial charge is 0.259 e.